The van der Waals surface area contributed by atoms with Crippen LogP contribution in [0.3, 0.4) is 0 Å². The summed E-state index contributed by atoms with van der Waals surface area (Å²) in [7, 11) is 1.65. The molecule has 1 amide bonds. The van der Waals surface area contributed by atoms with Crippen LogP contribution in [-0.2, 0) is 11.3 Å². The second-order valence-corrected chi connectivity index (χ2v) is 4.43. The molecule has 1 aliphatic heterocycles. The molecule has 0 spiro atoms. The largest absolute Gasteiger partial charge is 0.358 e. The van der Waals surface area contributed by atoms with Crippen molar-refractivity contribution in [1.29, 1.82) is 0 Å². The maximum atomic E-state index is 12.8. The Morgan fingerprint density at radius 3 is 2.89 bits per heavy atom. The molecule has 1 atom stereocenters. The van der Waals surface area contributed by atoms with Crippen LogP contribution in [0.1, 0.15) is 5.56 Å². The number of amides is 1. The molecule has 2 N–H and O–H groups in total. The molecule has 1 aromatic rings. The van der Waals surface area contributed by atoms with E-state index in [4.69, 9.17) is 0 Å². The van der Waals surface area contributed by atoms with Crippen molar-refractivity contribution in [3.05, 3.63) is 35.6 Å². The first-order chi connectivity index (χ1) is 8.70. The number of piperazine rings is 1. The maximum absolute atomic E-state index is 12.8. The Labute approximate surface area is 106 Å². The fourth-order valence-electron chi connectivity index (χ4n) is 2.19. The first kappa shape index (κ1) is 13.0. The minimum atomic E-state index is -0.234. The van der Waals surface area contributed by atoms with Gasteiger partial charge in [0.25, 0.3) is 0 Å². The molecule has 4 nitrogen and oxygen atoms in total. The number of likely N-dealkylation sites (N-methyl/N-ethyl adjacent to an activating group) is 1. The molecule has 1 aliphatic rings. The van der Waals surface area contributed by atoms with Gasteiger partial charge in [-0.05, 0) is 17.7 Å². The Balaban J connectivity index is 2.05. The molecule has 0 radical (unpaired) electrons. The topological polar surface area (TPSA) is 44.4 Å². The highest BCUT2D eigenvalue weighted by atomic mass is 19.1. The van der Waals surface area contributed by atoms with Gasteiger partial charge in [-0.2, -0.15) is 0 Å². The summed E-state index contributed by atoms with van der Waals surface area (Å²) in [4.78, 5) is 13.9. The van der Waals surface area contributed by atoms with Crippen LogP contribution in [0.25, 0.3) is 0 Å². The van der Waals surface area contributed by atoms with Gasteiger partial charge < -0.3 is 10.6 Å². The van der Waals surface area contributed by atoms with Gasteiger partial charge in [-0.25, -0.2) is 4.39 Å². The average molecular weight is 251 g/mol. The van der Waals surface area contributed by atoms with E-state index in [-0.39, 0.29) is 17.8 Å². The number of halogens is 1. The van der Waals surface area contributed by atoms with Crippen molar-refractivity contribution in [3.63, 3.8) is 0 Å². The zero-order valence-electron chi connectivity index (χ0n) is 10.4. The van der Waals surface area contributed by atoms with Gasteiger partial charge in [-0.15, -0.1) is 0 Å². The van der Waals surface area contributed by atoms with Crippen LogP contribution in [-0.4, -0.2) is 43.5 Å². The number of carbonyl (C=O) groups is 1. The van der Waals surface area contributed by atoms with E-state index in [2.05, 4.69) is 15.5 Å². The minimum Gasteiger partial charge on any atom is -0.358 e. The van der Waals surface area contributed by atoms with Gasteiger partial charge in [0, 0.05) is 33.2 Å². The molecule has 0 bridgehead atoms. The highest BCUT2D eigenvalue weighted by molar-refractivity contribution is 5.81. The third-order valence-corrected chi connectivity index (χ3v) is 3.20. The van der Waals surface area contributed by atoms with Gasteiger partial charge in [0.05, 0.1) is 0 Å². The first-order valence-corrected chi connectivity index (χ1v) is 6.11. The molecular formula is C13H18FN3O. The predicted molar refractivity (Wildman–Crippen MR) is 67.5 cm³/mol. The molecule has 98 valence electrons. The van der Waals surface area contributed by atoms with Gasteiger partial charge in [-0.1, -0.05) is 12.1 Å². The van der Waals surface area contributed by atoms with Gasteiger partial charge in [-0.3, -0.25) is 9.69 Å². The fourth-order valence-corrected chi connectivity index (χ4v) is 2.19. The van der Waals surface area contributed by atoms with Crippen LogP contribution >= 0.6 is 0 Å². The second-order valence-electron chi connectivity index (χ2n) is 4.43. The van der Waals surface area contributed by atoms with Gasteiger partial charge >= 0.3 is 0 Å². The highest BCUT2D eigenvalue weighted by Gasteiger charge is 2.27. The van der Waals surface area contributed by atoms with Crippen molar-refractivity contribution in [2.75, 3.05) is 26.7 Å². The molecule has 5 heteroatoms. The zero-order chi connectivity index (χ0) is 13.0. The average Bonchev–Trinajstić information content (AvgIpc) is 2.41. The summed E-state index contributed by atoms with van der Waals surface area (Å²) >= 11 is 0. The van der Waals surface area contributed by atoms with Gasteiger partial charge in [0.15, 0.2) is 0 Å². The Bertz CT molecular complexity index is 407. The van der Waals surface area contributed by atoms with Crippen molar-refractivity contribution < 1.29 is 9.18 Å². The third kappa shape index (κ3) is 3.05. The van der Waals surface area contributed by atoms with E-state index >= 15 is 0 Å². The number of hydrogen-bond acceptors (Lipinski definition) is 3. The summed E-state index contributed by atoms with van der Waals surface area (Å²) in [6.07, 6.45) is 0. The summed E-state index contributed by atoms with van der Waals surface area (Å²) in [5, 5.41) is 5.89. The van der Waals surface area contributed by atoms with E-state index in [1.54, 1.807) is 19.2 Å². The smallest absolute Gasteiger partial charge is 0.238 e. The summed E-state index contributed by atoms with van der Waals surface area (Å²) in [5.74, 6) is -0.216. The lowest BCUT2D eigenvalue weighted by Crippen LogP contribution is -2.56. The van der Waals surface area contributed by atoms with Crippen LogP contribution in [0.4, 0.5) is 4.39 Å². The van der Waals surface area contributed by atoms with E-state index in [0.29, 0.717) is 13.1 Å². The van der Waals surface area contributed by atoms with E-state index < -0.39 is 0 Å². The van der Waals surface area contributed by atoms with E-state index in [9.17, 15) is 9.18 Å². The van der Waals surface area contributed by atoms with Gasteiger partial charge in [0.1, 0.15) is 11.9 Å². The molecular weight excluding hydrogens is 233 g/mol. The fraction of sp³-hybridized carbons (Fsp3) is 0.462. The molecule has 1 saturated heterocycles. The van der Waals surface area contributed by atoms with Crippen LogP contribution in [0.2, 0.25) is 0 Å². The van der Waals surface area contributed by atoms with Crippen molar-refractivity contribution in [2.45, 2.75) is 12.6 Å². The third-order valence-electron chi connectivity index (χ3n) is 3.20. The Kier molecular flexibility index (Phi) is 4.28. The summed E-state index contributed by atoms with van der Waals surface area (Å²) in [6, 6.07) is 6.27. The van der Waals surface area contributed by atoms with Crippen molar-refractivity contribution in [2.24, 2.45) is 0 Å². The quantitative estimate of drug-likeness (QED) is 0.814. The van der Waals surface area contributed by atoms with E-state index in [0.717, 1.165) is 18.7 Å². The number of nitrogens with one attached hydrogen (secondary N) is 2. The molecule has 2 rings (SSSR count). The lowest BCUT2D eigenvalue weighted by Gasteiger charge is -2.34. The van der Waals surface area contributed by atoms with Gasteiger partial charge in [0.2, 0.25) is 5.91 Å². The number of rotatable bonds is 3. The molecule has 1 heterocycles. The van der Waals surface area contributed by atoms with Crippen molar-refractivity contribution in [3.8, 4) is 0 Å². The SMILES string of the molecule is CNC(=O)C1CNCCN1Cc1ccc(F)cc1. The first-order valence-electron chi connectivity index (χ1n) is 6.11. The molecule has 0 aromatic heterocycles. The molecule has 0 saturated carbocycles. The molecule has 18 heavy (non-hydrogen) atoms. The Hall–Kier alpha value is -1.46. The number of benzene rings is 1. The number of nitrogens with zero attached hydrogens (tertiary/aromatic N) is 1. The molecule has 1 fully saturated rings. The normalized spacial score (nSPS) is 20.7. The van der Waals surface area contributed by atoms with Crippen LogP contribution in [0, 0.1) is 5.82 Å². The van der Waals surface area contributed by atoms with Crippen LogP contribution in [0.5, 0.6) is 0 Å². The Morgan fingerprint density at radius 2 is 2.22 bits per heavy atom. The number of hydrogen-bond donors (Lipinski definition) is 2. The monoisotopic (exact) mass is 251 g/mol. The maximum Gasteiger partial charge on any atom is 0.238 e. The van der Waals surface area contributed by atoms with Crippen molar-refractivity contribution in [1.82, 2.24) is 15.5 Å². The molecule has 1 aromatic carbocycles. The van der Waals surface area contributed by atoms with E-state index in [1.165, 1.54) is 12.1 Å². The molecule has 1 unspecified atom stereocenters. The predicted octanol–water partition coefficient (Wildman–Crippen LogP) is 0.346. The lowest BCUT2D eigenvalue weighted by atomic mass is 10.1. The Morgan fingerprint density at radius 1 is 1.50 bits per heavy atom. The van der Waals surface area contributed by atoms with E-state index in [1.807, 2.05) is 0 Å². The minimum absolute atomic E-state index is 0.0179. The highest BCUT2D eigenvalue weighted by Crippen LogP contribution is 2.11. The second kappa shape index (κ2) is 5.93. The number of carbonyl (C=O) groups excluding carboxylic acids is 1. The zero-order valence-corrected chi connectivity index (χ0v) is 10.4. The standard InChI is InChI=1S/C13H18FN3O/c1-15-13(18)12-8-16-6-7-17(12)9-10-2-4-11(14)5-3-10/h2-5,12,16H,6-9H2,1H3,(H,15,18). The summed E-state index contributed by atoms with van der Waals surface area (Å²) in [5.41, 5.74) is 1.02. The molecule has 0 aliphatic carbocycles. The lowest BCUT2D eigenvalue weighted by molar-refractivity contribution is -0.126. The van der Waals surface area contributed by atoms with Crippen LogP contribution < -0.4 is 10.6 Å². The van der Waals surface area contributed by atoms with Crippen LogP contribution in [0.15, 0.2) is 24.3 Å². The summed E-state index contributed by atoms with van der Waals surface area (Å²) < 4.78 is 12.8. The van der Waals surface area contributed by atoms with Crippen molar-refractivity contribution >= 4 is 5.91 Å². The summed E-state index contributed by atoms with van der Waals surface area (Å²) in [6.45, 7) is 3.01.